The number of nitrogens with zero attached hydrogens (tertiary/aromatic N) is 2. The summed E-state index contributed by atoms with van der Waals surface area (Å²) in [5.74, 6) is -0.910. The summed E-state index contributed by atoms with van der Waals surface area (Å²) in [6.07, 6.45) is 3.19. The van der Waals surface area contributed by atoms with Gasteiger partial charge in [0.1, 0.15) is 0 Å². The summed E-state index contributed by atoms with van der Waals surface area (Å²) >= 11 is 1.51. The van der Waals surface area contributed by atoms with Crippen molar-refractivity contribution in [3.05, 3.63) is 46.0 Å². The minimum absolute atomic E-state index is 0.0652. The third-order valence-electron chi connectivity index (χ3n) is 4.28. The molecule has 1 aromatic carbocycles. The van der Waals surface area contributed by atoms with Crippen LogP contribution >= 0.6 is 11.3 Å². The number of carbonyl (C=O) groups excluding carboxylic acids is 3. The van der Waals surface area contributed by atoms with Gasteiger partial charge in [-0.15, -0.1) is 11.3 Å². The fourth-order valence-corrected chi connectivity index (χ4v) is 4.15. The molecule has 0 atom stereocenters. The van der Waals surface area contributed by atoms with Crippen molar-refractivity contribution in [3.63, 3.8) is 0 Å². The van der Waals surface area contributed by atoms with E-state index in [1.807, 2.05) is 0 Å². The van der Waals surface area contributed by atoms with Crippen molar-refractivity contribution >= 4 is 34.2 Å². The van der Waals surface area contributed by atoms with Crippen LogP contribution < -0.4 is 5.32 Å². The quantitative estimate of drug-likeness (QED) is 0.865. The Balaban J connectivity index is 1.37. The smallest absolute Gasteiger partial charge is 0.261 e. The van der Waals surface area contributed by atoms with E-state index in [-0.39, 0.29) is 30.7 Å². The summed E-state index contributed by atoms with van der Waals surface area (Å²) in [4.78, 5) is 43.3. The second-order valence-corrected chi connectivity index (χ2v) is 6.93. The molecule has 1 aliphatic heterocycles. The van der Waals surface area contributed by atoms with Crippen molar-refractivity contribution < 1.29 is 14.4 Å². The lowest BCUT2D eigenvalue weighted by Crippen LogP contribution is -2.32. The number of aryl methyl sites for hydroxylation is 2. The molecular weight excluding hydrogens is 326 g/mol. The zero-order chi connectivity index (χ0) is 16.7. The van der Waals surface area contributed by atoms with Gasteiger partial charge < -0.3 is 5.32 Å². The molecule has 0 spiro atoms. The van der Waals surface area contributed by atoms with E-state index in [2.05, 4.69) is 10.3 Å². The average Bonchev–Trinajstić information content (AvgIpc) is 3.21. The van der Waals surface area contributed by atoms with Crippen LogP contribution in [0.3, 0.4) is 0 Å². The Hall–Kier alpha value is -2.54. The van der Waals surface area contributed by atoms with Crippen molar-refractivity contribution in [2.24, 2.45) is 0 Å². The van der Waals surface area contributed by atoms with Gasteiger partial charge in [0.25, 0.3) is 11.8 Å². The number of thiazole rings is 1. The van der Waals surface area contributed by atoms with Crippen molar-refractivity contribution in [2.75, 3.05) is 11.9 Å². The molecule has 0 saturated carbocycles. The molecule has 1 N–H and O–H groups in total. The number of benzene rings is 1. The highest BCUT2D eigenvalue weighted by molar-refractivity contribution is 7.15. The van der Waals surface area contributed by atoms with Crippen LogP contribution in [-0.2, 0) is 17.6 Å². The van der Waals surface area contributed by atoms with Crippen LogP contribution in [0.2, 0.25) is 0 Å². The third kappa shape index (κ3) is 2.50. The molecule has 0 bridgehead atoms. The molecule has 2 aromatic rings. The monoisotopic (exact) mass is 341 g/mol. The van der Waals surface area contributed by atoms with Crippen LogP contribution in [0.5, 0.6) is 0 Å². The third-order valence-corrected chi connectivity index (χ3v) is 5.36. The van der Waals surface area contributed by atoms with Crippen molar-refractivity contribution in [3.8, 4) is 0 Å². The number of aromatic nitrogens is 1. The molecular formula is C17H15N3O3S. The van der Waals surface area contributed by atoms with E-state index in [1.54, 1.807) is 24.3 Å². The van der Waals surface area contributed by atoms with Gasteiger partial charge in [0.05, 0.1) is 16.8 Å². The Morgan fingerprint density at radius 1 is 1.17 bits per heavy atom. The van der Waals surface area contributed by atoms with E-state index in [0.717, 1.165) is 29.9 Å². The maximum atomic E-state index is 12.2. The molecule has 24 heavy (non-hydrogen) atoms. The van der Waals surface area contributed by atoms with Gasteiger partial charge >= 0.3 is 0 Å². The maximum absolute atomic E-state index is 12.2. The zero-order valence-corrected chi connectivity index (χ0v) is 13.7. The molecule has 1 aromatic heterocycles. The number of hydrogen-bond donors (Lipinski definition) is 1. The number of carbonyl (C=O) groups is 3. The lowest BCUT2D eigenvalue weighted by Gasteiger charge is -2.12. The standard InChI is InChI=1S/C17H15N3O3S/c21-14(19-17-18-12-6-3-7-13(12)24-17)8-9-20-15(22)10-4-1-2-5-11(10)16(20)23/h1-2,4-5H,3,6-9H2,(H,18,19,21). The number of fused-ring (bicyclic) bond motifs is 2. The summed E-state index contributed by atoms with van der Waals surface area (Å²) in [7, 11) is 0. The number of hydrogen-bond acceptors (Lipinski definition) is 5. The van der Waals surface area contributed by atoms with Crippen LogP contribution in [0.25, 0.3) is 0 Å². The molecule has 0 fully saturated rings. The fraction of sp³-hybridized carbons (Fsp3) is 0.294. The first-order chi connectivity index (χ1) is 11.6. The van der Waals surface area contributed by atoms with Gasteiger partial charge in [0.15, 0.2) is 5.13 Å². The van der Waals surface area contributed by atoms with Crippen molar-refractivity contribution in [1.29, 1.82) is 0 Å². The highest BCUT2D eigenvalue weighted by Crippen LogP contribution is 2.30. The molecule has 2 heterocycles. The zero-order valence-electron chi connectivity index (χ0n) is 12.9. The van der Waals surface area contributed by atoms with Gasteiger partial charge in [-0.2, -0.15) is 0 Å². The topological polar surface area (TPSA) is 79.4 Å². The van der Waals surface area contributed by atoms with E-state index in [1.165, 1.54) is 16.2 Å². The maximum Gasteiger partial charge on any atom is 0.261 e. The summed E-state index contributed by atoms with van der Waals surface area (Å²) in [6, 6.07) is 6.71. The molecule has 2 aliphatic rings. The van der Waals surface area contributed by atoms with Crippen LogP contribution in [-0.4, -0.2) is 34.2 Å². The molecule has 0 unspecified atom stereocenters. The molecule has 122 valence electrons. The van der Waals surface area contributed by atoms with Gasteiger partial charge in [-0.1, -0.05) is 12.1 Å². The molecule has 3 amide bonds. The molecule has 0 saturated heterocycles. The van der Waals surface area contributed by atoms with Crippen LogP contribution in [0.1, 0.15) is 44.1 Å². The normalized spacial score (nSPS) is 15.6. The minimum Gasteiger partial charge on any atom is -0.302 e. The van der Waals surface area contributed by atoms with Gasteiger partial charge in [-0.05, 0) is 31.4 Å². The van der Waals surface area contributed by atoms with Gasteiger partial charge in [0.2, 0.25) is 5.91 Å². The molecule has 4 rings (SSSR count). The van der Waals surface area contributed by atoms with Crippen molar-refractivity contribution in [2.45, 2.75) is 25.7 Å². The number of imide groups is 1. The fourth-order valence-electron chi connectivity index (χ4n) is 3.08. The van der Waals surface area contributed by atoms with Gasteiger partial charge in [-0.3, -0.25) is 19.3 Å². The number of anilines is 1. The highest BCUT2D eigenvalue weighted by Gasteiger charge is 2.35. The van der Waals surface area contributed by atoms with E-state index >= 15 is 0 Å². The summed E-state index contributed by atoms with van der Waals surface area (Å²) in [5, 5.41) is 3.37. The molecule has 7 heteroatoms. The SMILES string of the molecule is O=C(CCN1C(=O)c2ccccc2C1=O)Nc1nc2c(s1)CCC2. The largest absolute Gasteiger partial charge is 0.302 e. The lowest BCUT2D eigenvalue weighted by atomic mass is 10.1. The highest BCUT2D eigenvalue weighted by atomic mass is 32.1. The second-order valence-electron chi connectivity index (χ2n) is 5.85. The predicted octanol–water partition coefficient (Wildman–Crippen LogP) is 2.26. The van der Waals surface area contributed by atoms with Crippen LogP contribution in [0, 0.1) is 0 Å². The van der Waals surface area contributed by atoms with Gasteiger partial charge in [0, 0.05) is 17.8 Å². The summed E-state index contributed by atoms with van der Waals surface area (Å²) < 4.78 is 0. The van der Waals surface area contributed by atoms with E-state index in [9.17, 15) is 14.4 Å². The molecule has 6 nitrogen and oxygen atoms in total. The first-order valence-electron chi connectivity index (χ1n) is 7.87. The number of rotatable bonds is 4. The number of nitrogens with one attached hydrogen (secondary N) is 1. The minimum atomic E-state index is -0.336. The van der Waals surface area contributed by atoms with Crippen LogP contribution in [0.15, 0.2) is 24.3 Å². The first-order valence-corrected chi connectivity index (χ1v) is 8.69. The Bertz CT molecular complexity index is 802. The Morgan fingerprint density at radius 3 is 2.54 bits per heavy atom. The Morgan fingerprint density at radius 2 is 1.88 bits per heavy atom. The number of amides is 3. The second kappa shape index (κ2) is 5.83. The van der Waals surface area contributed by atoms with E-state index in [4.69, 9.17) is 0 Å². The first kappa shape index (κ1) is 15.0. The summed E-state index contributed by atoms with van der Waals surface area (Å²) in [6.45, 7) is 0.0727. The lowest BCUT2D eigenvalue weighted by molar-refractivity contribution is -0.116. The Labute approximate surface area is 142 Å². The predicted molar refractivity (Wildman–Crippen MR) is 89.2 cm³/mol. The molecule has 0 radical (unpaired) electrons. The summed E-state index contributed by atoms with van der Waals surface area (Å²) in [5.41, 5.74) is 1.88. The van der Waals surface area contributed by atoms with Crippen molar-refractivity contribution in [1.82, 2.24) is 9.88 Å². The molecule has 1 aliphatic carbocycles. The Kier molecular flexibility index (Phi) is 3.65. The van der Waals surface area contributed by atoms with E-state index in [0.29, 0.717) is 16.3 Å². The average molecular weight is 341 g/mol. The van der Waals surface area contributed by atoms with Gasteiger partial charge in [-0.25, -0.2) is 4.98 Å². The van der Waals surface area contributed by atoms with E-state index < -0.39 is 0 Å². The van der Waals surface area contributed by atoms with Crippen LogP contribution in [0.4, 0.5) is 5.13 Å².